The Hall–Kier alpha value is -4.87. The third-order valence-corrected chi connectivity index (χ3v) is 6.04. The number of benzene rings is 2. The first-order valence-electron chi connectivity index (χ1n) is 12.6. The normalized spacial score (nSPS) is 11.6. The zero-order chi connectivity index (χ0) is 29.6. The Kier molecular flexibility index (Phi) is 8.91. The number of carbonyl (C=O) groups excluding carboxylic acids is 2. The highest BCUT2D eigenvalue weighted by Crippen LogP contribution is 2.36. The van der Waals surface area contributed by atoms with E-state index in [2.05, 4.69) is 15.4 Å². The summed E-state index contributed by atoms with van der Waals surface area (Å²) >= 11 is 0. The summed E-state index contributed by atoms with van der Waals surface area (Å²) in [6, 6.07) is 12.0. The van der Waals surface area contributed by atoms with Crippen molar-refractivity contribution >= 4 is 29.3 Å². The minimum absolute atomic E-state index is 0.0507. The molecule has 2 heterocycles. The van der Waals surface area contributed by atoms with E-state index >= 15 is 0 Å². The van der Waals surface area contributed by atoms with Crippen molar-refractivity contribution in [3.8, 4) is 22.8 Å². The van der Waals surface area contributed by atoms with Gasteiger partial charge in [-0.3, -0.25) is 4.79 Å². The largest absolute Gasteiger partial charge is 0.493 e. The number of anilines is 1. The highest BCUT2D eigenvalue weighted by molar-refractivity contribution is 6.09. The van der Waals surface area contributed by atoms with E-state index in [9.17, 15) is 22.8 Å². The van der Waals surface area contributed by atoms with E-state index in [0.717, 1.165) is 25.1 Å². The van der Waals surface area contributed by atoms with Gasteiger partial charge in [0.25, 0.3) is 5.91 Å². The molecule has 2 aromatic carbocycles. The maximum absolute atomic E-state index is 14.1. The van der Waals surface area contributed by atoms with Gasteiger partial charge in [-0.2, -0.15) is 18.3 Å². The fraction of sp³-hybridized carbons (Fsp3) is 0.241. The lowest BCUT2D eigenvalue weighted by Gasteiger charge is -2.13. The SMILES string of the molecule is CCCCOC(=O)C=Cc1ccccc1NC(=O)c1cnn2c(C(F)(F)F)cc(-c3ccc(OC)c(OC)c3)nc12. The predicted octanol–water partition coefficient (Wildman–Crippen LogP) is 6.04. The van der Waals surface area contributed by atoms with Gasteiger partial charge in [-0.1, -0.05) is 31.5 Å². The standard InChI is InChI=1S/C29H27F3N4O5/c1-4-5-14-41-26(37)13-11-18-8-6-7-9-21(18)35-28(38)20-17-33-36-25(29(30,31)32)16-22(34-27(20)36)19-10-12-23(39-2)24(15-19)40-3/h6-13,15-17H,4-5,14H2,1-3H3,(H,35,38). The number of halogens is 3. The average Bonchev–Trinajstić information content (AvgIpc) is 3.39. The number of methoxy groups -OCH3 is 2. The Bertz CT molecular complexity index is 1600. The molecular formula is C29H27F3N4O5. The first-order chi connectivity index (χ1) is 19.7. The number of nitrogens with zero attached hydrogens (tertiary/aromatic N) is 3. The monoisotopic (exact) mass is 568 g/mol. The van der Waals surface area contributed by atoms with Gasteiger partial charge >= 0.3 is 12.1 Å². The van der Waals surface area contributed by atoms with Gasteiger partial charge in [0.15, 0.2) is 22.8 Å². The van der Waals surface area contributed by atoms with Crippen LogP contribution in [0.3, 0.4) is 0 Å². The van der Waals surface area contributed by atoms with E-state index in [1.165, 1.54) is 38.5 Å². The number of unbranched alkanes of at least 4 members (excludes halogenated alkanes) is 1. The van der Waals surface area contributed by atoms with E-state index in [1.807, 2.05) is 6.92 Å². The van der Waals surface area contributed by atoms with Crippen molar-refractivity contribution in [2.75, 3.05) is 26.1 Å². The van der Waals surface area contributed by atoms with Crippen molar-refractivity contribution in [1.29, 1.82) is 0 Å². The van der Waals surface area contributed by atoms with E-state index in [1.54, 1.807) is 30.3 Å². The minimum Gasteiger partial charge on any atom is -0.493 e. The molecule has 0 saturated heterocycles. The Morgan fingerprint density at radius 3 is 2.51 bits per heavy atom. The van der Waals surface area contributed by atoms with Gasteiger partial charge in [0, 0.05) is 17.3 Å². The van der Waals surface area contributed by atoms with E-state index in [0.29, 0.717) is 39.4 Å². The number of aromatic nitrogens is 3. The second-order valence-electron chi connectivity index (χ2n) is 8.78. The van der Waals surface area contributed by atoms with Crippen LogP contribution in [0.1, 0.15) is 41.4 Å². The van der Waals surface area contributed by atoms with Gasteiger partial charge in [-0.25, -0.2) is 14.3 Å². The molecule has 12 heteroatoms. The first-order valence-corrected chi connectivity index (χ1v) is 12.6. The molecule has 0 aliphatic carbocycles. The van der Waals surface area contributed by atoms with Crippen LogP contribution in [0.25, 0.3) is 23.0 Å². The van der Waals surface area contributed by atoms with E-state index in [4.69, 9.17) is 14.2 Å². The first kappa shape index (κ1) is 29.1. The van der Waals surface area contributed by atoms with Crippen LogP contribution in [0.15, 0.2) is 60.8 Å². The zero-order valence-corrected chi connectivity index (χ0v) is 22.5. The van der Waals surface area contributed by atoms with Crippen molar-refractivity contribution in [3.63, 3.8) is 0 Å². The number of fused-ring (bicyclic) bond motifs is 1. The highest BCUT2D eigenvalue weighted by Gasteiger charge is 2.36. The number of amides is 1. The van der Waals surface area contributed by atoms with Gasteiger partial charge < -0.3 is 19.5 Å². The lowest BCUT2D eigenvalue weighted by molar-refractivity contribution is -0.142. The van der Waals surface area contributed by atoms with E-state index < -0.39 is 23.7 Å². The molecule has 0 radical (unpaired) electrons. The van der Waals surface area contributed by atoms with Crippen molar-refractivity contribution in [2.45, 2.75) is 25.9 Å². The Morgan fingerprint density at radius 1 is 1.05 bits per heavy atom. The lowest BCUT2D eigenvalue weighted by Crippen LogP contribution is -2.16. The summed E-state index contributed by atoms with van der Waals surface area (Å²) in [5.74, 6) is -0.587. The number of para-hydroxylation sites is 1. The molecule has 0 saturated carbocycles. The topological polar surface area (TPSA) is 104 Å². The molecule has 2 aromatic heterocycles. The summed E-state index contributed by atoms with van der Waals surface area (Å²) in [6.45, 7) is 2.27. The second kappa shape index (κ2) is 12.5. The molecule has 1 N–H and O–H groups in total. The summed E-state index contributed by atoms with van der Waals surface area (Å²) < 4.78 is 58.3. The van der Waals surface area contributed by atoms with Crippen LogP contribution < -0.4 is 14.8 Å². The summed E-state index contributed by atoms with van der Waals surface area (Å²) in [6.07, 6.45) is 0.566. The van der Waals surface area contributed by atoms with Crippen LogP contribution in [0.2, 0.25) is 0 Å². The molecule has 41 heavy (non-hydrogen) atoms. The highest BCUT2D eigenvalue weighted by atomic mass is 19.4. The molecular weight excluding hydrogens is 541 g/mol. The Balaban J connectivity index is 1.71. The van der Waals surface area contributed by atoms with Gasteiger partial charge in [-0.15, -0.1) is 0 Å². The van der Waals surface area contributed by atoms with Crippen LogP contribution in [0.5, 0.6) is 11.5 Å². The third kappa shape index (κ3) is 6.65. The fourth-order valence-corrected chi connectivity index (χ4v) is 3.94. The Morgan fingerprint density at radius 2 is 1.80 bits per heavy atom. The van der Waals surface area contributed by atoms with Crippen LogP contribution in [-0.4, -0.2) is 47.3 Å². The van der Waals surface area contributed by atoms with Crippen LogP contribution in [0, 0.1) is 0 Å². The third-order valence-electron chi connectivity index (χ3n) is 6.04. The van der Waals surface area contributed by atoms with Crippen molar-refractivity contribution in [2.24, 2.45) is 0 Å². The molecule has 0 bridgehead atoms. The van der Waals surface area contributed by atoms with Gasteiger partial charge in [0.2, 0.25) is 0 Å². The van der Waals surface area contributed by atoms with Gasteiger partial charge in [-0.05, 0) is 48.4 Å². The van der Waals surface area contributed by atoms with E-state index in [-0.39, 0.29) is 16.9 Å². The van der Waals surface area contributed by atoms with Crippen LogP contribution in [0.4, 0.5) is 18.9 Å². The number of nitrogens with one attached hydrogen (secondary N) is 1. The fourth-order valence-electron chi connectivity index (χ4n) is 3.94. The quantitative estimate of drug-likeness (QED) is 0.141. The molecule has 214 valence electrons. The smallest absolute Gasteiger partial charge is 0.433 e. The van der Waals surface area contributed by atoms with Crippen LogP contribution >= 0.6 is 0 Å². The van der Waals surface area contributed by atoms with Crippen molar-refractivity contribution < 1.29 is 37.0 Å². The molecule has 0 aliphatic heterocycles. The number of esters is 1. The van der Waals surface area contributed by atoms with Gasteiger partial charge in [0.05, 0.1) is 32.7 Å². The predicted molar refractivity (Wildman–Crippen MR) is 146 cm³/mol. The van der Waals surface area contributed by atoms with Crippen LogP contribution in [-0.2, 0) is 15.7 Å². The molecule has 0 aliphatic rings. The number of hydrogen-bond donors (Lipinski definition) is 1. The van der Waals surface area contributed by atoms with Crippen molar-refractivity contribution in [3.05, 3.63) is 77.6 Å². The molecule has 9 nitrogen and oxygen atoms in total. The molecule has 4 aromatic rings. The maximum atomic E-state index is 14.1. The number of alkyl halides is 3. The maximum Gasteiger partial charge on any atom is 0.433 e. The average molecular weight is 569 g/mol. The number of carbonyl (C=O) groups is 2. The summed E-state index contributed by atoms with van der Waals surface area (Å²) in [4.78, 5) is 29.6. The molecule has 0 fully saturated rings. The molecule has 0 unspecified atom stereocenters. The summed E-state index contributed by atoms with van der Waals surface area (Å²) in [5, 5.41) is 6.49. The van der Waals surface area contributed by atoms with Gasteiger partial charge in [0.1, 0.15) is 5.56 Å². The summed E-state index contributed by atoms with van der Waals surface area (Å²) in [7, 11) is 2.84. The van der Waals surface area contributed by atoms with Crippen molar-refractivity contribution in [1.82, 2.24) is 14.6 Å². The zero-order valence-electron chi connectivity index (χ0n) is 22.5. The molecule has 1 amide bonds. The molecule has 0 spiro atoms. The molecule has 0 atom stereocenters. The summed E-state index contributed by atoms with van der Waals surface area (Å²) in [5.41, 5.74) is -0.530. The lowest BCUT2D eigenvalue weighted by atomic mass is 10.1. The number of rotatable bonds is 10. The Labute approximate surface area is 233 Å². The number of ether oxygens (including phenoxy) is 3. The molecule has 4 rings (SSSR count). The number of hydrogen-bond acceptors (Lipinski definition) is 7. The minimum atomic E-state index is -4.80. The second-order valence-corrected chi connectivity index (χ2v) is 8.78.